The number of aromatic carboxylic acids is 1. The highest BCUT2D eigenvalue weighted by Gasteiger charge is 2.24. The van der Waals surface area contributed by atoms with Gasteiger partial charge in [-0.05, 0) is 19.1 Å². The van der Waals surface area contributed by atoms with Crippen LogP contribution in [0.3, 0.4) is 0 Å². The van der Waals surface area contributed by atoms with Crippen LogP contribution in [0.15, 0.2) is 22.7 Å². The number of carboxylic acids is 1. The summed E-state index contributed by atoms with van der Waals surface area (Å²) < 4.78 is 10.6. The van der Waals surface area contributed by atoms with Crippen LogP contribution in [0, 0.1) is 0 Å². The largest absolute Gasteiger partial charge is 0.489 e. The Morgan fingerprint density at radius 3 is 2.95 bits per heavy atom. The summed E-state index contributed by atoms with van der Waals surface area (Å²) in [5.41, 5.74) is 1.56. The third kappa shape index (κ3) is 2.06. The van der Waals surface area contributed by atoms with Crippen molar-refractivity contribution in [1.29, 1.82) is 0 Å². The first-order valence-electron chi connectivity index (χ1n) is 5.74. The van der Waals surface area contributed by atoms with E-state index >= 15 is 0 Å². The summed E-state index contributed by atoms with van der Waals surface area (Å²) in [6.07, 6.45) is 0.857. The van der Waals surface area contributed by atoms with Crippen molar-refractivity contribution in [3.05, 3.63) is 34.5 Å². The Labute approximate surface area is 113 Å². The van der Waals surface area contributed by atoms with Crippen LogP contribution in [0.25, 0.3) is 11.3 Å². The number of carboxylic acid groups (broad SMARTS) is 1. The van der Waals surface area contributed by atoms with Gasteiger partial charge in [-0.2, -0.15) is 0 Å². The van der Waals surface area contributed by atoms with Crippen LogP contribution in [-0.2, 0) is 6.42 Å². The number of nitrogens with zero attached hydrogens (tertiary/aromatic N) is 1. The molecule has 1 aromatic carbocycles. The van der Waals surface area contributed by atoms with Gasteiger partial charge in [-0.1, -0.05) is 16.8 Å². The van der Waals surface area contributed by atoms with Gasteiger partial charge in [0.15, 0.2) is 11.5 Å². The Balaban J connectivity index is 2.04. The lowest BCUT2D eigenvalue weighted by Crippen LogP contribution is -2.05. The van der Waals surface area contributed by atoms with Crippen LogP contribution < -0.4 is 4.74 Å². The first-order chi connectivity index (χ1) is 9.04. The maximum Gasteiger partial charge on any atom is 0.358 e. The summed E-state index contributed by atoms with van der Waals surface area (Å²) in [6.45, 7) is 1.97. The van der Waals surface area contributed by atoms with E-state index in [-0.39, 0.29) is 11.8 Å². The van der Waals surface area contributed by atoms with Crippen molar-refractivity contribution in [3.8, 4) is 17.1 Å². The van der Waals surface area contributed by atoms with Crippen LogP contribution >= 0.6 is 11.6 Å². The summed E-state index contributed by atoms with van der Waals surface area (Å²) >= 11 is 6.16. The first kappa shape index (κ1) is 12.0. The minimum atomic E-state index is -1.13. The molecule has 2 aromatic rings. The Kier molecular flexibility index (Phi) is 2.71. The molecule has 0 saturated carbocycles. The Morgan fingerprint density at radius 2 is 2.26 bits per heavy atom. The van der Waals surface area contributed by atoms with E-state index < -0.39 is 5.97 Å². The van der Waals surface area contributed by atoms with Crippen LogP contribution in [0.2, 0.25) is 5.02 Å². The summed E-state index contributed by atoms with van der Waals surface area (Å²) in [6, 6.07) is 4.95. The van der Waals surface area contributed by atoms with Gasteiger partial charge < -0.3 is 14.4 Å². The van der Waals surface area contributed by atoms with Gasteiger partial charge in [0.1, 0.15) is 11.9 Å². The average molecular weight is 280 g/mol. The number of aromatic nitrogens is 1. The van der Waals surface area contributed by atoms with E-state index in [1.54, 1.807) is 6.07 Å². The highest BCUT2D eigenvalue weighted by atomic mass is 35.5. The Morgan fingerprint density at radius 1 is 1.47 bits per heavy atom. The minimum Gasteiger partial charge on any atom is -0.489 e. The van der Waals surface area contributed by atoms with E-state index in [1.165, 1.54) is 6.07 Å². The number of carbonyl (C=O) groups is 1. The van der Waals surface area contributed by atoms with Crippen molar-refractivity contribution in [1.82, 2.24) is 5.16 Å². The van der Waals surface area contributed by atoms with Crippen molar-refractivity contribution in [2.45, 2.75) is 19.4 Å². The van der Waals surface area contributed by atoms with Crippen LogP contribution in [0.5, 0.6) is 5.75 Å². The molecule has 0 spiro atoms. The molecule has 0 fully saturated rings. The molecular formula is C13H10ClNO4. The predicted octanol–water partition coefficient (Wildman–Crippen LogP) is 3.02. The molecule has 0 aliphatic carbocycles. The van der Waals surface area contributed by atoms with E-state index in [1.807, 2.05) is 13.0 Å². The number of rotatable bonds is 2. The molecule has 1 unspecified atom stereocenters. The molecule has 98 valence electrons. The fourth-order valence-corrected chi connectivity index (χ4v) is 2.42. The van der Waals surface area contributed by atoms with E-state index in [9.17, 15) is 4.79 Å². The zero-order valence-corrected chi connectivity index (χ0v) is 10.8. The van der Waals surface area contributed by atoms with Gasteiger partial charge in [0.25, 0.3) is 0 Å². The molecule has 19 heavy (non-hydrogen) atoms. The summed E-state index contributed by atoms with van der Waals surface area (Å²) in [4.78, 5) is 10.8. The van der Waals surface area contributed by atoms with E-state index in [0.29, 0.717) is 22.1 Å². The molecule has 2 heterocycles. The fourth-order valence-electron chi connectivity index (χ4n) is 2.14. The molecule has 5 nitrogen and oxygen atoms in total. The number of fused-ring (bicyclic) bond motifs is 1. The van der Waals surface area contributed by atoms with Crippen molar-refractivity contribution in [3.63, 3.8) is 0 Å². The van der Waals surface area contributed by atoms with Crippen molar-refractivity contribution in [2.75, 3.05) is 0 Å². The molecule has 0 radical (unpaired) electrons. The second-order valence-corrected chi connectivity index (χ2v) is 4.87. The van der Waals surface area contributed by atoms with Crippen molar-refractivity contribution >= 4 is 17.6 Å². The number of benzene rings is 1. The molecule has 1 aromatic heterocycles. The second-order valence-electron chi connectivity index (χ2n) is 4.46. The van der Waals surface area contributed by atoms with E-state index in [2.05, 4.69) is 5.16 Å². The maximum atomic E-state index is 10.8. The van der Waals surface area contributed by atoms with Gasteiger partial charge in [-0.3, -0.25) is 0 Å². The molecule has 0 amide bonds. The number of hydrogen-bond donors (Lipinski definition) is 1. The number of hydrogen-bond acceptors (Lipinski definition) is 4. The molecule has 3 rings (SSSR count). The van der Waals surface area contributed by atoms with Crippen LogP contribution in [0.4, 0.5) is 0 Å². The van der Waals surface area contributed by atoms with Crippen LogP contribution in [-0.4, -0.2) is 22.3 Å². The molecule has 0 bridgehead atoms. The smallest absolute Gasteiger partial charge is 0.358 e. The van der Waals surface area contributed by atoms with Crippen LogP contribution in [0.1, 0.15) is 23.0 Å². The molecule has 0 saturated heterocycles. The Hall–Kier alpha value is -2.01. The standard InChI is InChI=1S/C13H10ClNO4/c1-6-2-8-3-7(4-9(14)12(8)18-6)11-5-10(13(16)17)15-19-11/h3-6H,2H2,1H3,(H,16,17). The lowest BCUT2D eigenvalue weighted by atomic mass is 10.1. The molecule has 6 heteroatoms. The lowest BCUT2D eigenvalue weighted by Gasteiger charge is -2.05. The summed E-state index contributed by atoms with van der Waals surface area (Å²) in [7, 11) is 0. The zero-order chi connectivity index (χ0) is 13.6. The topological polar surface area (TPSA) is 72.6 Å². The number of ether oxygens (including phenoxy) is 1. The second kappa shape index (κ2) is 4.28. The van der Waals surface area contributed by atoms with Crippen molar-refractivity contribution < 1.29 is 19.2 Å². The highest BCUT2D eigenvalue weighted by Crippen LogP contribution is 2.39. The third-order valence-electron chi connectivity index (χ3n) is 2.96. The fraction of sp³-hybridized carbons (Fsp3) is 0.231. The molecule has 1 N–H and O–H groups in total. The average Bonchev–Trinajstić information content (AvgIpc) is 2.94. The summed E-state index contributed by atoms with van der Waals surface area (Å²) in [5, 5.41) is 12.8. The zero-order valence-electron chi connectivity index (χ0n) is 10.0. The normalized spacial score (nSPS) is 17.1. The molecule has 1 aliphatic rings. The SMILES string of the molecule is CC1Cc2cc(-c3cc(C(=O)O)no3)cc(Cl)c2O1. The van der Waals surface area contributed by atoms with Gasteiger partial charge in [-0.25, -0.2) is 4.79 Å². The lowest BCUT2D eigenvalue weighted by molar-refractivity contribution is 0.0686. The molecule has 1 atom stereocenters. The summed E-state index contributed by atoms with van der Waals surface area (Å²) in [5.74, 6) is -0.0586. The molecule has 1 aliphatic heterocycles. The van der Waals surface area contributed by atoms with Crippen molar-refractivity contribution in [2.24, 2.45) is 0 Å². The van der Waals surface area contributed by atoms with E-state index in [0.717, 1.165) is 12.0 Å². The van der Waals surface area contributed by atoms with Gasteiger partial charge in [-0.15, -0.1) is 0 Å². The molecular weight excluding hydrogens is 270 g/mol. The van der Waals surface area contributed by atoms with E-state index in [4.69, 9.17) is 26.0 Å². The Bertz CT molecular complexity index is 665. The van der Waals surface area contributed by atoms with Gasteiger partial charge >= 0.3 is 5.97 Å². The minimum absolute atomic E-state index is 0.0899. The predicted molar refractivity (Wildman–Crippen MR) is 67.7 cm³/mol. The quantitative estimate of drug-likeness (QED) is 0.915. The monoisotopic (exact) mass is 279 g/mol. The van der Waals surface area contributed by atoms with Gasteiger partial charge in [0.2, 0.25) is 0 Å². The number of halogens is 1. The maximum absolute atomic E-state index is 10.8. The third-order valence-corrected chi connectivity index (χ3v) is 3.24. The van der Waals surface area contributed by atoms with Gasteiger partial charge in [0.05, 0.1) is 5.02 Å². The first-order valence-corrected chi connectivity index (χ1v) is 6.12. The van der Waals surface area contributed by atoms with Gasteiger partial charge in [0, 0.05) is 23.6 Å². The highest BCUT2D eigenvalue weighted by molar-refractivity contribution is 6.32.